The van der Waals surface area contributed by atoms with Crippen molar-refractivity contribution in [3.05, 3.63) is 47.5 Å². The molecule has 1 aliphatic heterocycles. The highest BCUT2D eigenvalue weighted by Gasteiger charge is 2.14. The number of nitrogens with zero attached hydrogens (tertiary/aromatic N) is 3. The number of rotatable bonds is 9. The Balaban J connectivity index is 1.71. The largest absolute Gasteiger partial charge is 0.475 e. The van der Waals surface area contributed by atoms with Crippen molar-refractivity contribution in [2.24, 2.45) is 5.10 Å². The fourth-order valence-electron chi connectivity index (χ4n) is 2.90. The molecular weight excluding hydrogens is 356 g/mol. The molecule has 3 rings (SSSR count). The summed E-state index contributed by atoms with van der Waals surface area (Å²) in [6.07, 6.45) is 1.78. The maximum Gasteiger partial charge on any atom is 0.217 e. The number of morpholine rings is 1. The Morgan fingerprint density at radius 3 is 2.86 bits per heavy atom. The molecule has 2 heterocycles. The Morgan fingerprint density at radius 2 is 2.07 bits per heavy atom. The van der Waals surface area contributed by atoms with Gasteiger partial charge in [0.25, 0.3) is 0 Å². The molecule has 1 N–H and O–H groups in total. The molecule has 7 heteroatoms. The lowest BCUT2D eigenvalue weighted by atomic mass is 10.2. The van der Waals surface area contributed by atoms with E-state index in [2.05, 4.69) is 39.5 Å². The molecular formula is C21H28N4O3. The van der Waals surface area contributed by atoms with Crippen LogP contribution in [-0.2, 0) is 9.47 Å². The Hall–Kier alpha value is -2.64. The van der Waals surface area contributed by atoms with Gasteiger partial charge >= 0.3 is 0 Å². The van der Waals surface area contributed by atoms with E-state index in [0.29, 0.717) is 31.5 Å². The lowest BCUT2D eigenvalue weighted by molar-refractivity contribution is 0.108. The number of ether oxygens (including phenoxy) is 3. The van der Waals surface area contributed by atoms with Gasteiger partial charge in [0.05, 0.1) is 26.0 Å². The topological polar surface area (TPSA) is 68.2 Å². The van der Waals surface area contributed by atoms with Crippen LogP contribution in [0.4, 0.5) is 11.5 Å². The fourth-order valence-corrected chi connectivity index (χ4v) is 2.90. The summed E-state index contributed by atoms with van der Waals surface area (Å²) in [7, 11) is 0. The van der Waals surface area contributed by atoms with Crippen LogP contribution in [0.5, 0.6) is 5.88 Å². The Kier molecular flexibility index (Phi) is 7.63. The highest BCUT2D eigenvalue weighted by molar-refractivity contribution is 5.80. The van der Waals surface area contributed by atoms with Gasteiger partial charge in [0.1, 0.15) is 6.61 Å². The molecule has 0 saturated carbocycles. The van der Waals surface area contributed by atoms with Crippen molar-refractivity contribution >= 4 is 17.7 Å². The second-order valence-corrected chi connectivity index (χ2v) is 6.48. The van der Waals surface area contributed by atoms with Crippen LogP contribution in [0.25, 0.3) is 0 Å². The molecule has 0 unspecified atom stereocenters. The molecule has 150 valence electrons. The third-order valence-corrected chi connectivity index (χ3v) is 4.28. The summed E-state index contributed by atoms with van der Waals surface area (Å²) in [5.41, 5.74) is 6.29. The second kappa shape index (κ2) is 10.6. The number of anilines is 2. The van der Waals surface area contributed by atoms with Gasteiger partial charge in [-0.15, -0.1) is 0 Å². The maximum atomic E-state index is 5.77. The first-order valence-electron chi connectivity index (χ1n) is 9.65. The summed E-state index contributed by atoms with van der Waals surface area (Å²) in [6, 6.07) is 12.1. The average Bonchev–Trinajstić information content (AvgIpc) is 2.72. The first kappa shape index (κ1) is 20.1. The minimum Gasteiger partial charge on any atom is -0.475 e. The number of aromatic nitrogens is 1. The molecule has 1 aromatic carbocycles. The first-order chi connectivity index (χ1) is 13.7. The quantitative estimate of drug-likeness (QED) is 0.407. The monoisotopic (exact) mass is 384 g/mol. The molecule has 28 heavy (non-hydrogen) atoms. The average molecular weight is 384 g/mol. The minimum absolute atomic E-state index is 0.458. The van der Waals surface area contributed by atoms with Crippen molar-refractivity contribution in [3.8, 4) is 5.88 Å². The van der Waals surface area contributed by atoms with Gasteiger partial charge in [0.15, 0.2) is 5.82 Å². The smallest absolute Gasteiger partial charge is 0.217 e. The van der Waals surface area contributed by atoms with Crippen molar-refractivity contribution < 1.29 is 14.2 Å². The van der Waals surface area contributed by atoms with Crippen LogP contribution in [-0.4, -0.2) is 57.3 Å². The van der Waals surface area contributed by atoms with Crippen LogP contribution >= 0.6 is 0 Å². The van der Waals surface area contributed by atoms with Crippen LogP contribution in [0.15, 0.2) is 41.5 Å². The van der Waals surface area contributed by atoms with Crippen LogP contribution in [0.1, 0.15) is 18.1 Å². The number of nitrogens with one attached hydrogen (secondary N) is 1. The third kappa shape index (κ3) is 6.21. The number of aryl methyl sites for hydroxylation is 1. The van der Waals surface area contributed by atoms with Crippen LogP contribution < -0.4 is 15.1 Å². The summed E-state index contributed by atoms with van der Waals surface area (Å²) < 4.78 is 16.6. The number of hydrogen-bond donors (Lipinski definition) is 1. The third-order valence-electron chi connectivity index (χ3n) is 4.28. The van der Waals surface area contributed by atoms with Crippen LogP contribution in [0.2, 0.25) is 0 Å². The van der Waals surface area contributed by atoms with E-state index in [1.54, 1.807) is 6.21 Å². The zero-order chi connectivity index (χ0) is 19.6. The molecule has 0 spiro atoms. The zero-order valence-electron chi connectivity index (χ0n) is 16.6. The highest BCUT2D eigenvalue weighted by Crippen LogP contribution is 2.24. The molecule has 1 aromatic heterocycles. The van der Waals surface area contributed by atoms with E-state index in [1.165, 1.54) is 5.56 Å². The second-order valence-electron chi connectivity index (χ2n) is 6.48. The van der Waals surface area contributed by atoms with Crippen LogP contribution in [0.3, 0.4) is 0 Å². The van der Waals surface area contributed by atoms with Crippen molar-refractivity contribution in [1.29, 1.82) is 0 Å². The Bertz CT molecular complexity index is 776. The van der Waals surface area contributed by atoms with E-state index in [9.17, 15) is 0 Å². The molecule has 0 aliphatic carbocycles. The van der Waals surface area contributed by atoms with E-state index in [1.807, 2.05) is 31.2 Å². The van der Waals surface area contributed by atoms with Gasteiger partial charge < -0.3 is 19.1 Å². The van der Waals surface area contributed by atoms with Crippen molar-refractivity contribution in [1.82, 2.24) is 4.98 Å². The normalized spacial score (nSPS) is 14.4. The predicted molar refractivity (Wildman–Crippen MR) is 112 cm³/mol. The summed E-state index contributed by atoms with van der Waals surface area (Å²) in [5, 5.41) is 4.33. The molecule has 2 aromatic rings. The minimum atomic E-state index is 0.458. The highest BCUT2D eigenvalue weighted by atomic mass is 16.5. The van der Waals surface area contributed by atoms with Gasteiger partial charge in [-0.1, -0.05) is 29.8 Å². The van der Waals surface area contributed by atoms with E-state index in [0.717, 1.165) is 37.6 Å². The van der Waals surface area contributed by atoms with Crippen molar-refractivity contribution in [3.63, 3.8) is 0 Å². The van der Waals surface area contributed by atoms with E-state index < -0.39 is 0 Å². The molecule has 0 bridgehead atoms. The summed E-state index contributed by atoms with van der Waals surface area (Å²) >= 11 is 0. The van der Waals surface area contributed by atoms with E-state index in [-0.39, 0.29) is 0 Å². The van der Waals surface area contributed by atoms with Gasteiger partial charge in [-0.2, -0.15) is 10.1 Å². The van der Waals surface area contributed by atoms with Crippen LogP contribution in [0, 0.1) is 6.92 Å². The molecule has 0 amide bonds. The van der Waals surface area contributed by atoms with Crippen molar-refractivity contribution in [2.45, 2.75) is 13.8 Å². The molecule has 0 atom stereocenters. The van der Waals surface area contributed by atoms with E-state index >= 15 is 0 Å². The first-order valence-corrected chi connectivity index (χ1v) is 9.65. The number of pyridine rings is 1. The van der Waals surface area contributed by atoms with Gasteiger partial charge in [-0.25, -0.2) is 0 Å². The lowest BCUT2D eigenvalue weighted by Gasteiger charge is -2.29. The molecule has 1 fully saturated rings. The summed E-state index contributed by atoms with van der Waals surface area (Å²) in [6.45, 7) is 8.81. The Labute approximate surface area is 166 Å². The zero-order valence-corrected chi connectivity index (χ0v) is 16.6. The SMILES string of the molecule is CCOCCOc1cc(N2CCOCC2)cc(N/N=C/c2cccc(C)c2)n1. The van der Waals surface area contributed by atoms with Gasteiger partial charge in [-0.3, -0.25) is 5.43 Å². The summed E-state index contributed by atoms with van der Waals surface area (Å²) in [4.78, 5) is 6.77. The molecule has 0 radical (unpaired) electrons. The standard InChI is InChI=1S/C21H28N4O3/c1-3-26-11-12-28-21-15-19(25-7-9-27-10-8-25)14-20(23-21)24-22-16-18-6-4-5-17(2)13-18/h4-6,13-16H,3,7-12H2,1-2H3,(H,23,24)/b22-16+. The molecule has 1 saturated heterocycles. The lowest BCUT2D eigenvalue weighted by Crippen LogP contribution is -2.36. The molecule has 1 aliphatic rings. The number of hydrazone groups is 1. The Morgan fingerprint density at radius 1 is 1.21 bits per heavy atom. The van der Waals surface area contributed by atoms with Gasteiger partial charge in [-0.05, 0) is 19.4 Å². The van der Waals surface area contributed by atoms with Gasteiger partial charge in [0.2, 0.25) is 5.88 Å². The molecule has 7 nitrogen and oxygen atoms in total. The number of benzene rings is 1. The number of hydrogen-bond acceptors (Lipinski definition) is 7. The van der Waals surface area contributed by atoms with Gasteiger partial charge in [0, 0.05) is 37.5 Å². The van der Waals surface area contributed by atoms with Crippen molar-refractivity contribution in [2.75, 3.05) is 56.4 Å². The predicted octanol–water partition coefficient (Wildman–Crippen LogP) is 3.09. The van der Waals surface area contributed by atoms with E-state index in [4.69, 9.17) is 14.2 Å². The summed E-state index contributed by atoms with van der Waals surface area (Å²) in [5.74, 6) is 1.19. The maximum absolute atomic E-state index is 5.77. The fraction of sp³-hybridized carbons (Fsp3) is 0.429.